The first-order valence-corrected chi connectivity index (χ1v) is 8.50. The number of rotatable bonds is 4. The summed E-state index contributed by atoms with van der Waals surface area (Å²) in [6.45, 7) is 3.17. The SMILES string of the molecule is CCOC(=O)[C@H]1CCCN(C(=O)Nc2cnn(-c3ccccc3)c2)C1. The molecule has 1 aromatic heterocycles. The molecule has 0 unspecified atom stereocenters. The summed E-state index contributed by atoms with van der Waals surface area (Å²) in [6.07, 6.45) is 4.92. The van der Waals surface area contributed by atoms with E-state index in [1.54, 1.807) is 28.9 Å². The van der Waals surface area contributed by atoms with E-state index in [0.717, 1.165) is 18.5 Å². The van der Waals surface area contributed by atoms with Gasteiger partial charge in [-0.2, -0.15) is 5.10 Å². The molecule has 1 fully saturated rings. The van der Waals surface area contributed by atoms with Gasteiger partial charge in [0.25, 0.3) is 0 Å². The summed E-state index contributed by atoms with van der Waals surface area (Å²) in [5.74, 6) is -0.469. The highest BCUT2D eigenvalue weighted by Crippen LogP contribution is 2.19. The van der Waals surface area contributed by atoms with E-state index in [9.17, 15) is 9.59 Å². The fraction of sp³-hybridized carbons (Fsp3) is 0.389. The first-order chi connectivity index (χ1) is 12.2. The number of para-hydroxylation sites is 1. The van der Waals surface area contributed by atoms with Crippen molar-refractivity contribution in [3.63, 3.8) is 0 Å². The summed E-state index contributed by atoms with van der Waals surface area (Å²) in [7, 11) is 0. The lowest BCUT2D eigenvalue weighted by atomic mass is 9.98. The molecule has 1 aliphatic rings. The van der Waals surface area contributed by atoms with Gasteiger partial charge in [-0.25, -0.2) is 9.48 Å². The number of hydrogen-bond acceptors (Lipinski definition) is 4. The smallest absolute Gasteiger partial charge is 0.321 e. The number of urea groups is 1. The quantitative estimate of drug-likeness (QED) is 0.867. The monoisotopic (exact) mass is 342 g/mol. The number of nitrogens with one attached hydrogen (secondary N) is 1. The maximum Gasteiger partial charge on any atom is 0.321 e. The zero-order valence-electron chi connectivity index (χ0n) is 14.2. The molecule has 1 atom stereocenters. The molecule has 0 spiro atoms. The number of benzene rings is 1. The Hall–Kier alpha value is -2.83. The number of hydrogen-bond donors (Lipinski definition) is 1. The summed E-state index contributed by atoms with van der Waals surface area (Å²) < 4.78 is 6.77. The number of likely N-dealkylation sites (tertiary alicyclic amines) is 1. The van der Waals surface area contributed by atoms with Crippen LogP contribution < -0.4 is 5.32 Å². The molecule has 132 valence electrons. The number of aromatic nitrogens is 2. The molecular formula is C18H22N4O3. The molecule has 0 aliphatic carbocycles. The summed E-state index contributed by atoms with van der Waals surface area (Å²) in [6, 6.07) is 9.45. The number of amides is 2. The summed E-state index contributed by atoms with van der Waals surface area (Å²) in [4.78, 5) is 26.0. The van der Waals surface area contributed by atoms with Crippen molar-refractivity contribution < 1.29 is 14.3 Å². The molecule has 7 nitrogen and oxygen atoms in total. The first-order valence-electron chi connectivity index (χ1n) is 8.50. The van der Waals surface area contributed by atoms with Gasteiger partial charge < -0.3 is 15.0 Å². The number of piperidine rings is 1. The minimum Gasteiger partial charge on any atom is -0.466 e. The molecule has 25 heavy (non-hydrogen) atoms. The molecule has 2 heterocycles. The van der Waals surface area contributed by atoms with E-state index in [1.165, 1.54) is 0 Å². The third-order valence-electron chi connectivity index (χ3n) is 4.18. The van der Waals surface area contributed by atoms with E-state index in [2.05, 4.69) is 10.4 Å². The van der Waals surface area contributed by atoms with E-state index in [1.807, 2.05) is 30.3 Å². The molecule has 1 N–H and O–H groups in total. The zero-order valence-corrected chi connectivity index (χ0v) is 14.2. The van der Waals surface area contributed by atoms with Crippen LogP contribution in [0.5, 0.6) is 0 Å². The van der Waals surface area contributed by atoms with E-state index in [4.69, 9.17) is 4.74 Å². The normalized spacial score (nSPS) is 17.2. The van der Waals surface area contributed by atoms with Gasteiger partial charge in [-0.05, 0) is 31.9 Å². The molecule has 2 aromatic rings. The highest BCUT2D eigenvalue weighted by molar-refractivity contribution is 5.89. The highest BCUT2D eigenvalue weighted by atomic mass is 16.5. The summed E-state index contributed by atoms with van der Waals surface area (Å²) in [5, 5.41) is 7.11. The first kappa shape index (κ1) is 17.0. The number of nitrogens with zero attached hydrogens (tertiary/aromatic N) is 3. The van der Waals surface area contributed by atoms with Crippen LogP contribution in [-0.4, -0.2) is 46.4 Å². The number of carbonyl (C=O) groups excluding carboxylic acids is 2. The van der Waals surface area contributed by atoms with Crippen LogP contribution in [0.1, 0.15) is 19.8 Å². The molecule has 0 bridgehead atoms. The van der Waals surface area contributed by atoms with Crippen molar-refractivity contribution in [3.8, 4) is 5.69 Å². The van der Waals surface area contributed by atoms with Gasteiger partial charge in [0.15, 0.2) is 0 Å². The average Bonchev–Trinajstić information content (AvgIpc) is 3.11. The topological polar surface area (TPSA) is 76.5 Å². The van der Waals surface area contributed by atoms with Gasteiger partial charge in [0.1, 0.15) is 0 Å². The summed E-state index contributed by atoms with van der Waals surface area (Å²) >= 11 is 0. The summed E-state index contributed by atoms with van der Waals surface area (Å²) in [5.41, 5.74) is 1.54. The molecule has 1 saturated heterocycles. The van der Waals surface area contributed by atoms with Gasteiger partial charge in [0, 0.05) is 13.1 Å². The van der Waals surface area contributed by atoms with Crippen LogP contribution in [0, 0.1) is 5.92 Å². The maximum absolute atomic E-state index is 12.5. The Balaban J connectivity index is 1.60. The lowest BCUT2D eigenvalue weighted by Crippen LogP contribution is -2.44. The second-order valence-corrected chi connectivity index (χ2v) is 5.98. The van der Waals surface area contributed by atoms with Crippen LogP contribution in [0.2, 0.25) is 0 Å². The predicted octanol–water partition coefficient (Wildman–Crippen LogP) is 2.68. The zero-order chi connectivity index (χ0) is 17.6. The second kappa shape index (κ2) is 7.83. The maximum atomic E-state index is 12.5. The standard InChI is InChI=1S/C18H22N4O3/c1-2-25-17(23)14-7-6-10-21(12-14)18(24)20-15-11-19-22(13-15)16-8-4-3-5-9-16/h3-5,8-9,11,13-14H,2,6-7,10,12H2,1H3,(H,20,24)/t14-/m0/s1. The molecule has 0 saturated carbocycles. The number of ether oxygens (including phenoxy) is 1. The fourth-order valence-corrected chi connectivity index (χ4v) is 2.93. The highest BCUT2D eigenvalue weighted by Gasteiger charge is 2.29. The van der Waals surface area contributed by atoms with E-state index in [-0.39, 0.29) is 17.9 Å². The van der Waals surface area contributed by atoms with Crippen LogP contribution in [0.4, 0.5) is 10.5 Å². The Bertz CT molecular complexity index is 729. The third kappa shape index (κ3) is 4.17. The van der Waals surface area contributed by atoms with Crippen LogP contribution in [0.3, 0.4) is 0 Å². The van der Waals surface area contributed by atoms with Gasteiger partial charge >= 0.3 is 12.0 Å². The molecule has 3 rings (SSSR count). The van der Waals surface area contributed by atoms with Crippen LogP contribution in [0.15, 0.2) is 42.7 Å². The van der Waals surface area contributed by atoms with E-state index >= 15 is 0 Å². The number of carbonyl (C=O) groups is 2. The van der Waals surface area contributed by atoms with Crippen LogP contribution >= 0.6 is 0 Å². The van der Waals surface area contributed by atoms with E-state index in [0.29, 0.717) is 25.4 Å². The average molecular weight is 342 g/mol. The van der Waals surface area contributed by atoms with Gasteiger partial charge in [-0.15, -0.1) is 0 Å². The van der Waals surface area contributed by atoms with Crippen molar-refractivity contribution >= 4 is 17.7 Å². The Morgan fingerprint density at radius 3 is 2.88 bits per heavy atom. The third-order valence-corrected chi connectivity index (χ3v) is 4.18. The van der Waals surface area contributed by atoms with Crippen molar-refractivity contribution in [2.75, 3.05) is 25.0 Å². The largest absolute Gasteiger partial charge is 0.466 e. The van der Waals surface area contributed by atoms with E-state index < -0.39 is 0 Å². The number of anilines is 1. The minimum atomic E-state index is -0.244. The second-order valence-electron chi connectivity index (χ2n) is 5.98. The van der Waals surface area contributed by atoms with Crippen molar-refractivity contribution in [1.82, 2.24) is 14.7 Å². The Morgan fingerprint density at radius 2 is 2.12 bits per heavy atom. The van der Waals surface area contributed by atoms with Gasteiger partial charge in [0.2, 0.25) is 0 Å². The minimum absolute atomic E-state index is 0.221. The number of esters is 1. The molecular weight excluding hydrogens is 320 g/mol. The van der Waals surface area contributed by atoms with Crippen molar-refractivity contribution in [3.05, 3.63) is 42.7 Å². The Labute approximate surface area is 146 Å². The van der Waals surface area contributed by atoms with Crippen LogP contribution in [0.25, 0.3) is 5.69 Å². The lowest BCUT2D eigenvalue weighted by Gasteiger charge is -2.31. The van der Waals surface area contributed by atoms with Crippen LogP contribution in [-0.2, 0) is 9.53 Å². The molecule has 7 heteroatoms. The fourth-order valence-electron chi connectivity index (χ4n) is 2.93. The molecule has 1 aliphatic heterocycles. The van der Waals surface area contributed by atoms with Gasteiger partial charge in [-0.1, -0.05) is 18.2 Å². The lowest BCUT2D eigenvalue weighted by molar-refractivity contribution is -0.149. The van der Waals surface area contributed by atoms with Gasteiger partial charge in [-0.3, -0.25) is 4.79 Å². The van der Waals surface area contributed by atoms with Gasteiger partial charge in [0.05, 0.1) is 36.3 Å². The van der Waals surface area contributed by atoms with Crippen molar-refractivity contribution in [1.29, 1.82) is 0 Å². The molecule has 2 amide bonds. The van der Waals surface area contributed by atoms with Crippen molar-refractivity contribution in [2.24, 2.45) is 5.92 Å². The molecule has 1 aromatic carbocycles. The molecule has 0 radical (unpaired) electrons. The van der Waals surface area contributed by atoms with Crippen molar-refractivity contribution in [2.45, 2.75) is 19.8 Å². The Kier molecular flexibility index (Phi) is 5.33. The predicted molar refractivity (Wildman–Crippen MR) is 93.5 cm³/mol. The Morgan fingerprint density at radius 1 is 1.32 bits per heavy atom.